The molecule has 0 spiro atoms. The fourth-order valence-electron chi connectivity index (χ4n) is 3.59. The number of hydrogen-bond donors (Lipinski definition) is 1. The summed E-state index contributed by atoms with van der Waals surface area (Å²) in [6.07, 6.45) is 0.438. The van der Waals surface area contributed by atoms with Crippen LogP contribution in [0.3, 0.4) is 0 Å². The van der Waals surface area contributed by atoms with E-state index in [2.05, 4.69) is 17.9 Å². The smallest absolute Gasteiger partial charge is 0.253 e. The molecular weight excluding hydrogens is 312 g/mol. The highest BCUT2D eigenvalue weighted by Crippen LogP contribution is 2.34. The highest BCUT2D eigenvalue weighted by atomic mass is 16.3. The number of fused-ring (bicyclic) bond motifs is 1. The highest BCUT2D eigenvalue weighted by molar-refractivity contribution is 5.93. The van der Waals surface area contributed by atoms with E-state index < -0.39 is 6.10 Å². The number of aliphatic hydroxyl groups is 1. The van der Waals surface area contributed by atoms with Gasteiger partial charge in [-0.2, -0.15) is 0 Å². The van der Waals surface area contributed by atoms with Gasteiger partial charge in [0.2, 0.25) is 0 Å². The number of hydrogen-bond acceptors (Lipinski definition) is 3. The van der Waals surface area contributed by atoms with E-state index in [0.29, 0.717) is 5.56 Å². The zero-order valence-corrected chi connectivity index (χ0v) is 15.1. The van der Waals surface area contributed by atoms with E-state index >= 15 is 0 Å². The van der Waals surface area contributed by atoms with Crippen LogP contribution < -0.4 is 0 Å². The maximum absolute atomic E-state index is 12.0. The fraction of sp³-hybridized carbons (Fsp3) is 0.381. The van der Waals surface area contributed by atoms with E-state index in [1.807, 2.05) is 42.5 Å². The van der Waals surface area contributed by atoms with Crippen molar-refractivity contribution >= 4 is 5.91 Å². The molecule has 25 heavy (non-hydrogen) atoms. The quantitative estimate of drug-likeness (QED) is 0.912. The van der Waals surface area contributed by atoms with E-state index in [1.54, 1.807) is 19.0 Å². The van der Waals surface area contributed by atoms with Crippen LogP contribution in [0, 0.1) is 0 Å². The molecule has 4 heteroatoms. The third kappa shape index (κ3) is 3.60. The standard InChI is InChI=1S/C21H26N2O2/c1-4-23(19-13-17-7-5-6-8-18(17)20(19)24)14-15-9-11-16(12-10-15)21(25)22(2)3/h5-12,19-20,24H,4,13-14H2,1-3H3. The molecule has 1 aliphatic rings. The second-order valence-electron chi connectivity index (χ2n) is 6.87. The van der Waals surface area contributed by atoms with Crippen molar-refractivity contribution in [1.82, 2.24) is 9.80 Å². The Bertz CT molecular complexity index is 740. The van der Waals surface area contributed by atoms with Gasteiger partial charge in [0.05, 0.1) is 6.10 Å². The summed E-state index contributed by atoms with van der Waals surface area (Å²) < 4.78 is 0. The lowest BCUT2D eigenvalue weighted by molar-refractivity contribution is 0.0591. The van der Waals surface area contributed by atoms with E-state index in [4.69, 9.17) is 0 Å². The molecule has 2 aromatic rings. The van der Waals surface area contributed by atoms with Crippen LogP contribution in [0.2, 0.25) is 0 Å². The Morgan fingerprint density at radius 1 is 1.12 bits per heavy atom. The van der Waals surface area contributed by atoms with Gasteiger partial charge in [-0.3, -0.25) is 9.69 Å². The molecule has 0 saturated carbocycles. The molecule has 0 radical (unpaired) electrons. The number of nitrogens with zero attached hydrogens (tertiary/aromatic N) is 2. The molecule has 0 saturated heterocycles. The molecule has 1 N–H and O–H groups in total. The number of likely N-dealkylation sites (N-methyl/N-ethyl adjacent to an activating group) is 1. The third-order valence-corrected chi connectivity index (χ3v) is 5.04. The second kappa shape index (κ2) is 7.38. The van der Waals surface area contributed by atoms with Crippen LogP contribution >= 0.6 is 0 Å². The molecule has 4 nitrogen and oxygen atoms in total. The van der Waals surface area contributed by atoms with Gasteiger partial charge in [-0.25, -0.2) is 0 Å². The van der Waals surface area contributed by atoms with Crippen molar-refractivity contribution in [3.63, 3.8) is 0 Å². The van der Waals surface area contributed by atoms with Crippen molar-refractivity contribution in [2.75, 3.05) is 20.6 Å². The van der Waals surface area contributed by atoms with Crippen LogP contribution in [0.15, 0.2) is 48.5 Å². The molecule has 1 amide bonds. The minimum absolute atomic E-state index is 0.0144. The number of carbonyl (C=O) groups excluding carboxylic acids is 1. The van der Waals surface area contributed by atoms with Crippen LogP contribution in [-0.2, 0) is 13.0 Å². The van der Waals surface area contributed by atoms with Crippen molar-refractivity contribution < 1.29 is 9.90 Å². The Morgan fingerprint density at radius 2 is 1.80 bits per heavy atom. The molecule has 2 aromatic carbocycles. The molecule has 0 aromatic heterocycles. The molecule has 0 bridgehead atoms. The molecular formula is C21H26N2O2. The molecule has 132 valence electrons. The Morgan fingerprint density at radius 3 is 2.40 bits per heavy atom. The summed E-state index contributed by atoms with van der Waals surface area (Å²) in [6, 6.07) is 16.0. The minimum atomic E-state index is -0.439. The van der Waals surface area contributed by atoms with Gasteiger partial charge in [-0.15, -0.1) is 0 Å². The van der Waals surface area contributed by atoms with Gasteiger partial charge in [0, 0.05) is 32.2 Å². The summed E-state index contributed by atoms with van der Waals surface area (Å²) in [5.41, 5.74) is 4.15. The summed E-state index contributed by atoms with van der Waals surface area (Å²) in [6.45, 7) is 3.76. The molecule has 0 aliphatic heterocycles. The topological polar surface area (TPSA) is 43.8 Å². The number of aliphatic hydroxyl groups excluding tert-OH is 1. The van der Waals surface area contributed by atoms with Crippen molar-refractivity contribution in [3.8, 4) is 0 Å². The van der Waals surface area contributed by atoms with Crippen molar-refractivity contribution in [2.24, 2.45) is 0 Å². The van der Waals surface area contributed by atoms with E-state index in [0.717, 1.165) is 30.6 Å². The molecule has 0 fully saturated rings. The third-order valence-electron chi connectivity index (χ3n) is 5.04. The second-order valence-corrected chi connectivity index (χ2v) is 6.87. The Kier molecular flexibility index (Phi) is 5.21. The number of benzene rings is 2. The Balaban J connectivity index is 1.72. The van der Waals surface area contributed by atoms with Gasteiger partial charge in [-0.1, -0.05) is 43.3 Å². The Hall–Kier alpha value is -2.17. The van der Waals surface area contributed by atoms with Crippen molar-refractivity contribution in [2.45, 2.75) is 32.0 Å². The summed E-state index contributed by atoms with van der Waals surface area (Å²) in [5.74, 6) is 0.0144. The predicted octanol–water partition coefficient (Wildman–Crippen LogP) is 2.87. The lowest BCUT2D eigenvalue weighted by Crippen LogP contribution is -2.37. The Labute approximate surface area is 149 Å². The van der Waals surface area contributed by atoms with Gasteiger partial charge < -0.3 is 10.0 Å². The van der Waals surface area contributed by atoms with E-state index in [1.165, 1.54) is 5.56 Å². The maximum Gasteiger partial charge on any atom is 0.253 e. The monoisotopic (exact) mass is 338 g/mol. The predicted molar refractivity (Wildman–Crippen MR) is 99.4 cm³/mol. The molecule has 1 aliphatic carbocycles. The first-order valence-electron chi connectivity index (χ1n) is 8.81. The summed E-state index contributed by atoms with van der Waals surface area (Å²) in [4.78, 5) is 15.9. The SMILES string of the molecule is CCN(Cc1ccc(C(=O)N(C)C)cc1)C1Cc2ccccc2C1O. The largest absolute Gasteiger partial charge is 0.387 e. The van der Waals surface area contributed by atoms with Crippen LogP contribution in [0.4, 0.5) is 0 Å². The van der Waals surface area contributed by atoms with Crippen molar-refractivity contribution in [3.05, 3.63) is 70.8 Å². The first kappa shape index (κ1) is 17.6. The number of carbonyl (C=O) groups is 1. The van der Waals surface area contributed by atoms with Crippen molar-refractivity contribution in [1.29, 1.82) is 0 Å². The van der Waals surface area contributed by atoms with Gasteiger partial charge >= 0.3 is 0 Å². The fourth-order valence-corrected chi connectivity index (χ4v) is 3.59. The highest BCUT2D eigenvalue weighted by Gasteiger charge is 2.34. The summed E-state index contributed by atoms with van der Waals surface area (Å²) >= 11 is 0. The van der Waals surface area contributed by atoms with Crippen LogP contribution in [0.25, 0.3) is 0 Å². The van der Waals surface area contributed by atoms with Gasteiger partial charge in [0.15, 0.2) is 0 Å². The lowest BCUT2D eigenvalue weighted by Gasteiger charge is -2.30. The zero-order valence-electron chi connectivity index (χ0n) is 15.1. The number of rotatable bonds is 5. The first-order chi connectivity index (χ1) is 12.0. The molecule has 0 heterocycles. The van der Waals surface area contributed by atoms with Crippen LogP contribution in [0.5, 0.6) is 0 Å². The first-order valence-corrected chi connectivity index (χ1v) is 8.81. The normalized spacial score (nSPS) is 19.1. The van der Waals surface area contributed by atoms with Gasteiger partial charge in [0.1, 0.15) is 0 Å². The molecule has 2 atom stereocenters. The van der Waals surface area contributed by atoms with E-state index in [-0.39, 0.29) is 11.9 Å². The minimum Gasteiger partial charge on any atom is -0.387 e. The van der Waals surface area contributed by atoms with Gasteiger partial charge in [-0.05, 0) is 41.8 Å². The van der Waals surface area contributed by atoms with Gasteiger partial charge in [0.25, 0.3) is 5.91 Å². The molecule has 2 unspecified atom stereocenters. The average molecular weight is 338 g/mol. The summed E-state index contributed by atoms with van der Waals surface area (Å²) in [5, 5.41) is 10.7. The number of amides is 1. The lowest BCUT2D eigenvalue weighted by atomic mass is 10.1. The average Bonchev–Trinajstić information content (AvgIpc) is 2.96. The summed E-state index contributed by atoms with van der Waals surface area (Å²) in [7, 11) is 3.52. The van der Waals surface area contributed by atoms with Crippen LogP contribution in [0.1, 0.15) is 40.1 Å². The van der Waals surface area contributed by atoms with E-state index in [9.17, 15) is 9.90 Å². The maximum atomic E-state index is 12.0. The zero-order chi connectivity index (χ0) is 18.0. The van der Waals surface area contributed by atoms with Crippen LogP contribution in [-0.4, -0.2) is 47.5 Å². The molecule has 3 rings (SSSR count).